The maximum atomic E-state index is 13.5. The summed E-state index contributed by atoms with van der Waals surface area (Å²) in [4.78, 5) is 0. The van der Waals surface area contributed by atoms with E-state index in [9.17, 15) is 4.39 Å². The third kappa shape index (κ3) is 2.66. The highest BCUT2D eigenvalue weighted by atomic mass is 19.1. The Morgan fingerprint density at radius 3 is 2.71 bits per heavy atom. The van der Waals surface area contributed by atoms with E-state index >= 15 is 0 Å². The summed E-state index contributed by atoms with van der Waals surface area (Å²) in [6, 6.07) is 11.2. The van der Waals surface area contributed by atoms with E-state index in [0.717, 1.165) is 24.3 Å². The Hall–Kier alpha value is -2.23. The first-order valence-corrected chi connectivity index (χ1v) is 6.98. The minimum Gasteiger partial charge on any atom is -0.497 e. The summed E-state index contributed by atoms with van der Waals surface area (Å²) in [6.45, 7) is 0. The lowest BCUT2D eigenvalue weighted by molar-refractivity contribution is 0.386. The van der Waals surface area contributed by atoms with E-state index in [1.165, 1.54) is 24.3 Å². The summed E-state index contributed by atoms with van der Waals surface area (Å²) in [6.07, 6.45) is 2.05. The number of anilines is 1. The van der Waals surface area contributed by atoms with Crippen molar-refractivity contribution >= 4 is 5.69 Å². The van der Waals surface area contributed by atoms with Crippen molar-refractivity contribution in [2.75, 3.05) is 19.5 Å². The zero-order valence-corrected chi connectivity index (χ0v) is 12.2. The number of halogens is 1. The molecule has 1 unspecified atom stereocenters. The average molecular weight is 287 g/mol. The van der Waals surface area contributed by atoms with Gasteiger partial charge < -0.3 is 14.8 Å². The predicted molar refractivity (Wildman–Crippen MR) is 80.6 cm³/mol. The molecule has 2 aromatic rings. The average Bonchev–Trinajstić information content (AvgIpc) is 2.91. The summed E-state index contributed by atoms with van der Waals surface area (Å²) in [7, 11) is 3.14. The van der Waals surface area contributed by atoms with Crippen LogP contribution in [0, 0.1) is 5.82 Å². The fourth-order valence-electron chi connectivity index (χ4n) is 2.81. The fraction of sp³-hybridized carbons (Fsp3) is 0.294. The van der Waals surface area contributed by atoms with Gasteiger partial charge >= 0.3 is 0 Å². The number of nitrogens with one attached hydrogen (secondary N) is 1. The van der Waals surface area contributed by atoms with Crippen LogP contribution in [-0.2, 0) is 6.42 Å². The zero-order valence-electron chi connectivity index (χ0n) is 12.2. The molecule has 4 heteroatoms. The van der Waals surface area contributed by atoms with Gasteiger partial charge in [0.1, 0.15) is 5.75 Å². The Labute approximate surface area is 123 Å². The van der Waals surface area contributed by atoms with E-state index in [0.29, 0.717) is 0 Å². The molecule has 0 heterocycles. The van der Waals surface area contributed by atoms with Gasteiger partial charge in [-0.15, -0.1) is 0 Å². The molecule has 2 aromatic carbocycles. The normalized spacial score (nSPS) is 16.4. The summed E-state index contributed by atoms with van der Waals surface area (Å²) in [5, 5.41) is 3.45. The Morgan fingerprint density at radius 1 is 1.10 bits per heavy atom. The van der Waals surface area contributed by atoms with Crippen LogP contribution in [-0.4, -0.2) is 14.2 Å². The number of hydrogen-bond acceptors (Lipinski definition) is 3. The van der Waals surface area contributed by atoms with Crippen LogP contribution in [0.15, 0.2) is 36.4 Å². The molecule has 1 atom stereocenters. The molecule has 1 N–H and O–H groups in total. The van der Waals surface area contributed by atoms with Crippen LogP contribution in [0.2, 0.25) is 0 Å². The Morgan fingerprint density at radius 2 is 1.95 bits per heavy atom. The van der Waals surface area contributed by atoms with E-state index in [1.54, 1.807) is 19.2 Å². The molecule has 1 aliphatic rings. The van der Waals surface area contributed by atoms with Gasteiger partial charge in [-0.2, -0.15) is 0 Å². The highest BCUT2D eigenvalue weighted by Crippen LogP contribution is 2.36. The van der Waals surface area contributed by atoms with Gasteiger partial charge in [0.25, 0.3) is 0 Å². The van der Waals surface area contributed by atoms with Crippen molar-refractivity contribution in [1.29, 1.82) is 0 Å². The molecule has 0 saturated heterocycles. The summed E-state index contributed by atoms with van der Waals surface area (Å²) in [5.74, 6) is 0.763. The molecule has 0 aliphatic heterocycles. The van der Waals surface area contributed by atoms with Crippen LogP contribution in [0.3, 0.4) is 0 Å². The zero-order chi connectivity index (χ0) is 14.8. The molecular weight excluding hydrogens is 269 g/mol. The lowest BCUT2D eigenvalue weighted by Gasteiger charge is -2.17. The number of benzene rings is 2. The molecule has 1 aliphatic carbocycles. The number of rotatable bonds is 4. The van der Waals surface area contributed by atoms with Crippen LogP contribution in [0.25, 0.3) is 0 Å². The van der Waals surface area contributed by atoms with Crippen LogP contribution < -0.4 is 14.8 Å². The second kappa shape index (κ2) is 5.64. The molecule has 0 aromatic heterocycles. The second-order valence-electron chi connectivity index (χ2n) is 5.15. The van der Waals surface area contributed by atoms with Crippen molar-refractivity contribution in [2.45, 2.75) is 18.9 Å². The van der Waals surface area contributed by atoms with Crippen LogP contribution in [0.4, 0.5) is 10.1 Å². The Balaban J connectivity index is 1.85. The van der Waals surface area contributed by atoms with Crippen LogP contribution in [0.1, 0.15) is 23.6 Å². The lowest BCUT2D eigenvalue weighted by Crippen LogP contribution is -2.07. The predicted octanol–water partition coefficient (Wildman–Crippen LogP) is 3.94. The SMILES string of the molecule is COc1ccc2c(c1)C(Nc1ccc(F)c(OC)c1)CC2. The number of hydrogen-bond donors (Lipinski definition) is 1. The Kier molecular flexibility index (Phi) is 3.69. The lowest BCUT2D eigenvalue weighted by atomic mass is 10.1. The number of ether oxygens (including phenoxy) is 2. The monoisotopic (exact) mass is 287 g/mol. The third-order valence-corrected chi connectivity index (χ3v) is 3.92. The fourth-order valence-corrected chi connectivity index (χ4v) is 2.81. The van der Waals surface area contributed by atoms with Crippen molar-refractivity contribution < 1.29 is 13.9 Å². The van der Waals surface area contributed by atoms with Crippen molar-refractivity contribution in [1.82, 2.24) is 0 Å². The quantitative estimate of drug-likeness (QED) is 0.924. The highest BCUT2D eigenvalue weighted by Gasteiger charge is 2.23. The minimum absolute atomic E-state index is 0.213. The second-order valence-corrected chi connectivity index (χ2v) is 5.15. The molecule has 110 valence electrons. The van der Waals surface area contributed by atoms with E-state index in [-0.39, 0.29) is 17.6 Å². The first-order chi connectivity index (χ1) is 10.2. The van der Waals surface area contributed by atoms with E-state index in [4.69, 9.17) is 9.47 Å². The molecule has 21 heavy (non-hydrogen) atoms. The molecule has 0 amide bonds. The van der Waals surface area contributed by atoms with Crippen LogP contribution in [0.5, 0.6) is 11.5 Å². The van der Waals surface area contributed by atoms with Gasteiger partial charge in [-0.3, -0.25) is 0 Å². The van der Waals surface area contributed by atoms with E-state index in [2.05, 4.69) is 17.4 Å². The molecule has 0 bridgehead atoms. The minimum atomic E-state index is -0.350. The molecule has 0 fully saturated rings. The van der Waals surface area contributed by atoms with Crippen molar-refractivity contribution in [2.24, 2.45) is 0 Å². The Bertz CT molecular complexity index is 657. The summed E-state index contributed by atoms with van der Waals surface area (Å²) in [5.41, 5.74) is 3.44. The van der Waals surface area contributed by atoms with Crippen LogP contribution >= 0.6 is 0 Å². The maximum absolute atomic E-state index is 13.5. The smallest absolute Gasteiger partial charge is 0.165 e. The summed E-state index contributed by atoms with van der Waals surface area (Å²) < 4.78 is 23.8. The van der Waals surface area contributed by atoms with Crippen molar-refractivity contribution in [3.8, 4) is 11.5 Å². The topological polar surface area (TPSA) is 30.5 Å². The van der Waals surface area contributed by atoms with Gasteiger partial charge in [-0.1, -0.05) is 6.07 Å². The number of aryl methyl sites for hydroxylation is 1. The largest absolute Gasteiger partial charge is 0.497 e. The molecule has 3 rings (SSSR count). The van der Waals surface area contributed by atoms with E-state index in [1.807, 2.05) is 6.07 Å². The van der Waals surface area contributed by atoms with Gasteiger partial charge in [0.15, 0.2) is 11.6 Å². The number of fused-ring (bicyclic) bond motifs is 1. The van der Waals surface area contributed by atoms with Crippen molar-refractivity contribution in [3.05, 3.63) is 53.3 Å². The van der Waals surface area contributed by atoms with Gasteiger partial charge in [-0.25, -0.2) is 4.39 Å². The van der Waals surface area contributed by atoms with E-state index < -0.39 is 0 Å². The maximum Gasteiger partial charge on any atom is 0.165 e. The van der Waals surface area contributed by atoms with Gasteiger partial charge in [0.05, 0.1) is 20.3 Å². The number of methoxy groups -OCH3 is 2. The molecule has 0 saturated carbocycles. The van der Waals surface area contributed by atoms with Gasteiger partial charge in [0, 0.05) is 11.8 Å². The molecule has 0 spiro atoms. The molecular formula is C17H18FNO2. The third-order valence-electron chi connectivity index (χ3n) is 3.92. The highest BCUT2D eigenvalue weighted by molar-refractivity contribution is 5.53. The van der Waals surface area contributed by atoms with Gasteiger partial charge in [0.2, 0.25) is 0 Å². The van der Waals surface area contributed by atoms with Gasteiger partial charge in [-0.05, 0) is 48.2 Å². The summed E-state index contributed by atoms with van der Waals surface area (Å²) >= 11 is 0. The standard InChI is InChI=1S/C17H18FNO2/c1-20-13-6-3-11-4-8-16(14(11)10-13)19-12-5-7-15(18)17(9-12)21-2/h3,5-7,9-10,16,19H,4,8H2,1-2H3. The molecule has 0 radical (unpaired) electrons. The molecule has 3 nitrogen and oxygen atoms in total. The first-order valence-electron chi connectivity index (χ1n) is 6.98. The first kappa shape index (κ1) is 13.7. The van der Waals surface area contributed by atoms with Crippen molar-refractivity contribution in [3.63, 3.8) is 0 Å².